The summed E-state index contributed by atoms with van der Waals surface area (Å²) in [5.74, 6) is -2.56. The average Bonchev–Trinajstić information content (AvgIpc) is 1.25. The average molecular weight is 1580 g/mol. The number of rotatable bonds is 33. The van der Waals surface area contributed by atoms with Gasteiger partial charge in [0.1, 0.15) is 80.3 Å². The van der Waals surface area contributed by atoms with Crippen LogP contribution in [0.25, 0.3) is 21.6 Å². The molecule has 0 aromatic heterocycles. The molecule has 2 amide bonds. The van der Waals surface area contributed by atoms with Crippen molar-refractivity contribution >= 4 is 52.8 Å². The Kier molecular flexibility index (Phi) is 28.0. The Labute approximate surface area is 656 Å². The lowest BCUT2D eigenvalue weighted by molar-refractivity contribution is -0.393. The Morgan fingerprint density at radius 2 is 1.11 bits per heavy atom. The van der Waals surface area contributed by atoms with Crippen LogP contribution in [-0.4, -0.2) is 169 Å². The number of esters is 1. The van der Waals surface area contributed by atoms with Gasteiger partial charge in [-0.05, 0) is 55.6 Å². The zero-order valence-corrected chi connectivity index (χ0v) is 62.3. The van der Waals surface area contributed by atoms with Crippen molar-refractivity contribution in [3.05, 3.63) is 298 Å². The highest BCUT2D eigenvalue weighted by Gasteiger charge is 2.60. The summed E-state index contributed by atoms with van der Waals surface area (Å²) in [5.41, 5.74) is 15.5. The number of fused-ring (bicyclic) bond motifs is 4. The summed E-state index contributed by atoms with van der Waals surface area (Å²) in [5, 5.41) is 34.6. The summed E-state index contributed by atoms with van der Waals surface area (Å²) in [7, 11) is 0. The number of alkyl halides is 3. The van der Waals surface area contributed by atoms with Gasteiger partial charge < -0.3 is 91.9 Å². The number of hydrogen-bond donors (Lipinski definition) is 4. The van der Waals surface area contributed by atoms with Gasteiger partial charge in [-0.3, -0.25) is 4.79 Å². The number of aliphatic hydroxyl groups excluding tert-OH is 1. The first-order chi connectivity index (χ1) is 54.1. The number of carbonyl (C=O) groups is 3. The Hall–Kier alpha value is -8.71. The Morgan fingerprint density at radius 3 is 1.67 bits per heavy atom. The quantitative estimate of drug-likeness (QED) is 0.00742. The number of ether oxygens (including phenoxy) is 15. The van der Waals surface area contributed by atoms with Crippen LogP contribution >= 0.6 is 34.8 Å². The van der Waals surface area contributed by atoms with Gasteiger partial charge in [0.05, 0.1) is 59.5 Å². The Bertz CT molecular complexity index is 4320. The molecule has 4 N–H and O–H groups in total. The highest BCUT2D eigenvalue weighted by atomic mass is 35.6. The molecule has 1 aliphatic carbocycles. The number of carbonyl (C=O) groups excluding carboxylic acids is 3. The van der Waals surface area contributed by atoms with E-state index in [4.69, 9.17) is 106 Å². The van der Waals surface area contributed by atoms with Gasteiger partial charge in [-0.15, -0.1) is 0 Å². The largest absolute Gasteiger partial charge is 0.460 e. The molecule has 0 bridgehead atoms. The van der Waals surface area contributed by atoms with Crippen LogP contribution < -0.4 is 10.6 Å². The molecule has 25 nitrogen and oxygen atoms in total. The smallest absolute Gasteiger partial charge is 0.407 e. The fourth-order valence-corrected chi connectivity index (χ4v) is 14.2. The topological polar surface area (TPSA) is 303 Å². The number of azide groups is 1. The zero-order chi connectivity index (χ0) is 77.1. The lowest BCUT2D eigenvalue weighted by atomic mass is 9.93. The highest BCUT2D eigenvalue weighted by Crippen LogP contribution is 2.46. The molecular weight excluding hydrogens is 1490 g/mol. The predicted molar refractivity (Wildman–Crippen MR) is 404 cm³/mol. The van der Waals surface area contributed by atoms with Crippen LogP contribution in [0, 0.1) is 0 Å². The van der Waals surface area contributed by atoms with Crippen molar-refractivity contribution in [1.82, 2.24) is 10.6 Å². The molecule has 4 heterocycles. The van der Waals surface area contributed by atoms with E-state index in [0.717, 1.165) is 44.5 Å². The van der Waals surface area contributed by atoms with E-state index >= 15 is 0 Å². The van der Waals surface area contributed by atoms with E-state index in [0.29, 0.717) is 11.1 Å². The van der Waals surface area contributed by atoms with Crippen LogP contribution in [-0.2, 0) is 114 Å². The van der Waals surface area contributed by atoms with Crippen LogP contribution in [0.15, 0.2) is 248 Å². The van der Waals surface area contributed by atoms with E-state index in [9.17, 15) is 30.1 Å². The number of hydrogen-bond acceptors (Lipinski definition) is 21. The van der Waals surface area contributed by atoms with Crippen molar-refractivity contribution in [2.75, 3.05) is 39.6 Å². The van der Waals surface area contributed by atoms with Crippen LogP contribution in [0.3, 0.4) is 0 Å². The number of benzene rings is 8. The van der Waals surface area contributed by atoms with E-state index in [1.807, 2.05) is 200 Å². The molecule has 1 unspecified atom stereocenters. The predicted octanol–water partition coefficient (Wildman–Crippen LogP) is 12.1. The fourth-order valence-electron chi connectivity index (χ4n) is 14.0. The summed E-state index contributed by atoms with van der Waals surface area (Å²) in [6.45, 7) is 1.06. The SMILES string of the molecule is C=CCOC(=O)[C@H](CO[C@H]1O[C@H](CO[C@@H]2O[C@H](COCc3ccccc3)[C@@H](O[C@@H]3O[C@@H]4COC(c5ccccc5)O[C@@H]4[C@H](OCc4ccccc4)[C@H]3OCc3ccccc3)[C@H](OCc3ccccc3)[C@H]2NC(=O)C(Cl)(Cl)Cl)[C@H](O)[C@H](OCc2ccccc2)[C@]1(O)N=[N+]=[N-])NC(=O)OCC1c2ccccc2-c2ccccc21. The lowest BCUT2D eigenvalue weighted by Crippen LogP contribution is -2.70. The maximum absolute atomic E-state index is 14.6. The van der Waals surface area contributed by atoms with Crippen molar-refractivity contribution in [3.63, 3.8) is 0 Å². The lowest BCUT2D eigenvalue weighted by Gasteiger charge is -2.52. The van der Waals surface area contributed by atoms with Crippen molar-refractivity contribution < 1.29 is 95.6 Å². The molecule has 4 aliphatic heterocycles. The molecule has 17 atom stereocenters. The maximum Gasteiger partial charge on any atom is 0.407 e. The molecule has 8 aromatic rings. The number of amides is 2. The van der Waals surface area contributed by atoms with Crippen LogP contribution in [0.2, 0.25) is 0 Å². The second kappa shape index (κ2) is 38.7. The van der Waals surface area contributed by atoms with Gasteiger partial charge in [-0.25, -0.2) is 9.59 Å². The molecule has 111 heavy (non-hydrogen) atoms. The molecule has 28 heteroatoms. The summed E-state index contributed by atoms with van der Waals surface area (Å²) >= 11 is 19.4. The summed E-state index contributed by atoms with van der Waals surface area (Å²) in [6, 6.07) is 67.9. The minimum atomic E-state index is -2.97. The van der Waals surface area contributed by atoms with Crippen molar-refractivity contribution in [1.29, 1.82) is 0 Å². The molecular formula is C83H84Cl3N5O20. The Morgan fingerprint density at radius 1 is 0.586 bits per heavy atom. The van der Waals surface area contributed by atoms with Gasteiger partial charge in [0.25, 0.3) is 9.70 Å². The molecule has 4 saturated heterocycles. The molecule has 5 aliphatic rings. The minimum absolute atomic E-state index is 0.00229. The van der Waals surface area contributed by atoms with E-state index in [-0.39, 0.29) is 65.4 Å². The molecule has 8 aromatic carbocycles. The second-order valence-corrected chi connectivity index (χ2v) is 29.2. The number of alkyl carbamates (subject to hydrolysis) is 1. The molecule has 0 radical (unpaired) electrons. The first-order valence-electron chi connectivity index (χ1n) is 36.3. The van der Waals surface area contributed by atoms with Gasteiger partial charge in [-0.2, -0.15) is 0 Å². The van der Waals surface area contributed by atoms with Gasteiger partial charge >= 0.3 is 12.1 Å². The minimum Gasteiger partial charge on any atom is -0.460 e. The van der Waals surface area contributed by atoms with Crippen LogP contribution in [0.5, 0.6) is 0 Å². The number of nitrogens with one attached hydrogen (secondary N) is 2. The van der Waals surface area contributed by atoms with Gasteiger partial charge in [-0.1, -0.05) is 283 Å². The van der Waals surface area contributed by atoms with Gasteiger partial charge in [0, 0.05) is 16.4 Å². The standard InChI is InChI=1S/C83H84Cl3N5O20/c1-2-41-98-75(93)63(88-81(95)106-47-62-60-39-23-21-37-58(60)59-38-22-24-40-61(59)62)48-105-80-82(96,90-91-87)74(102-46-56-33-17-7-18-34-56)68(92)64(109-80)50-104-77-67(89-79(94)83(84,85)86)71(99-43-53-27-11-4-12-28-53)69(65(107-77)49-97-42-52-25-9-3-10-26-52)111-78-73(101-45-55-31-15-6-16-32-55)72(100-44-54-29-13-5-14-30-54)70-66(108-78)51-103-76(110-70)57-35-19-8-20-36-57/h2-40,62-74,76-78,80,92,96H,1,41-51H2,(H,88,95)(H,89,94)/t63-,64+,65+,66+,67+,68-,69+,70-,71+,72-,73+,74-,76?,77+,78-,80-,82+/m0/s1. The van der Waals surface area contributed by atoms with E-state index in [2.05, 4.69) is 27.2 Å². The van der Waals surface area contributed by atoms with E-state index < -0.39 is 139 Å². The zero-order valence-electron chi connectivity index (χ0n) is 60.0. The molecule has 13 rings (SSSR count). The third kappa shape index (κ3) is 20.4. The Balaban J connectivity index is 0.840. The first-order valence-corrected chi connectivity index (χ1v) is 37.4. The molecule has 4 fully saturated rings. The van der Waals surface area contributed by atoms with Crippen molar-refractivity contribution in [3.8, 4) is 11.1 Å². The number of nitrogens with zero attached hydrogens (tertiary/aromatic N) is 3. The normalized spacial score (nSPS) is 26.5. The summed E-state index contributed by atoms with van der Waals surface area (Å²) < 4.78 is 97.1. The van der Waals surface area contributed by atoms with Crippen molar-refractivity contribution in [2.45, 2.75) is 147 Å². The maximum atomic E-state index is 14.6. The van der Waals surface area contributed by atoms with Gasteiger partial charge in [0.2, 0.25) is 5.72 Å². The first kappa shape index (κ1) is 80.3. The molecule has 0 saturated carbocycles. The molecule has 582 valence electrons. The summed E-state index contributed by atoms with van der Waals surface area (Å²) in [6.07, 6.45) is -19.4. The molecule has 0 spiro atoms. The van der Waals surface area contributed by atoms with Crippen molar-refractivity contribution in [2.24, 2.45) is 5.11 Å². The monoisotopic (exact) mass is 1580 g/mol. The second-order valence-electron chi connectivity index (χ2n) is 26.9. The van der Waals surface area contributed by atoms with Crippen LogP contribution in [0.1, 0.15) is 56.7 Å². The fraction of sp³-hybridized carbons (Fsp3) is 0.361. The number of halogens is 3. The van der Waals surface area contributed by atoms with Crippen LogP contribution in [0.4, 0.5) is 4.79 Å². The van der Waals surface area contributed by atoms with Gasteiger partial charge in [0.15, 0.2) is 31.2 Å². The van der Waals surface area contributed by atoms with E-state index in [1.54, 1.807) is 30.3 Å². The summed E-state index contributed by atoms with van der Waals surface area (Å²) in [4.78, 5) is 45.5. The number of aliphatic hydroxyl groups is 2. The third-order valence-corrected chi connectivity index (χ3v) is 19.9. The third-order valence-electron chi connectivity index (χ3n) is 19.4. The highest BCUT2D eigenvalue weighted by molar-refractivity contribution is 6.76. The van der Waals surface area contributed by atoms with E-state index in [1.165, 1.54) is 6.08 Å².